The summed E-state index contributed by atoms with van der Waals surface area (Å²) in [5, 5.41) is 20.1. The van der Waals surface area contributed by atoms with E-state index < -0.39 is 5.97 Å². The molecule has 0 saturated carbocycles. The van der Waals surface area contributed by atoms with E-state index in [1.807, 2.05) is 60.7 Å². The van der Waals surface area contributed by atoms with Crippen LogP contribution in [-0.2, 0) is 0 Å². The molecule has 0 fully saturated rings. The Morgan fingerprint density at radius 3 is 1.83 bits per heavy atom. The van der Waals surface area contributed by atoms with E-state index in [9.17, 15) is 15.0 Å². The number of rotatable bonds is 4. The zero-order valence-corrected chi connectivity index (χ0v) is 13.1. The van der Waals surface area contributed by atoms with Crippen LogP contribution in [0.15, 0.2) is 66.7 Å². The van der Waals surface area contributed by atoms with E-state index in [1.165, 1.54) is 7.11 Å². The fourth-order valence-electron chi connectivity index (χ4n) is 2.74. The zero-order chi connectivity index (χ0) is 17.1. The summed E-state index contributed by atoms with van der Waals surface area (Å²) in [4.78, 5) is 11.7. The van der Waals surface area contributed by atoms with Crippen LogP contribution in [0.25, 0.3) is 22.3 Å². The Labute approximate surface area is 139 Å². The van der Waals surface area contributed by atoms with Crippen LogP contribution < -0.4 is 4.74 Å². The smallest absolute Gasteiger partial charge is 0.343 e. The number of benzene rings is 3. The molecule has 0 unspecified atom stereocenters. The van der Waals surface area contributed by atoms with Crippen LogP contribution in [0.4, 0.5) is 0 Å². The van der Waals surface area contributed by atoms with Gasteiger partial charge in [-0.15, -0.1) is 0 Å². The van der Waals surface area contributed by atoms with E-state index >= 15 is 0 Å². The minimum atomic E-state index is -1.24. The van der Waals surface area contributed by atoms with E-state index in [4.69, 9.17) is 4.74 Å². The molecule has 3 aromatic carbocycles. The fraction of sp³-hybridized carbons (Fsp3) is 0.0500. The first-order valence-corrected chi connectivity index (χ1v) is 7.41. The van der Waals surface area contributed by atoms with Gasteiger partial charge in [-0.25, -0.2) is 4.79 Å². The fourth-order valence-corrected chi connectivity index (χ4v) is 2.74. The Bertz CT molecular complexity index is 871. The SMILES string of the molecule is COc1c(-c2ccccc2)cc(-c2ccccc2)c(O)c1C(=O)O. The maximum atomic E-state index is 11.7. The molecule has 0 atom stereocenters. The van der Waals surface area contributed by atoms with E-state index in [0.717, 1.165) is 11.1 Å². The number of hydrogen-bond acceptors (Lipinski definition) is 3. The van der Waals surface area contributed by atoms with Crippen molar-refractivity contribution in [3.8, 4) is 33.8 Å². The lowest BCUT2D eigenvalue weighted by Crippen LogP contribution is -2.04. The Morgan fingerprint density at radius 2 is 1.38 bits per heavy atom. The number of aromatic hydroxyl groups is 1. The summed E-state index contributed by atoms with van der Waals surface area (Å²) in [5.41, 5.74) is 2.38. The first-order chi connectivity index (χ1) is 11.6. The van der Waals surface area contributed by atoms with E-state index in [-0.39, 0.29) is 17.1 Å². The van der Waals surface area contributed by atoms with Crippen LogP contribution in [0.5, 0.6) is 11.5 Å². The van der Waals surface area contributed by atoms with Crippen molar-refractivity contribution in [2.24, 2.45) is 0 Å². The van der Waals surface area contributed by atoms with Gasteiger partial charge in [-0.3, -0.25) is 0 Å². The zero-order valence-electron chi connectivity index (χ0n) is 13.1. The van der Waals surface area contributed by atoms with Crippen LogP contribution in [0.2, 0.25) is 0 Å². The van der Waals surface area contributed by atoms with E-state index in [1.54, 1.807) is 6.07 Å². The van der Waals surface area contributed by atoms with Gasteiger partial charge in [0.05, 0.1) is 7.11 Å². The largest absolute Gasteiger partial charge is 0.506 e. The van der Waals surface area contributed by atoms with Gasteiger partial charge in [-0.2, -0.15) is 0 Å². The van der Waals surface area contributed by atoms with Gasteiger partial charge in [-0.05, 0) is 17.2 Å². The molecule has 120 valence electrons. The maximum Gasteiger partial charge on any atom is 0.343 e. The number of aromatic carboxylic acids is 1. The third-order valence-corrected chi connectivity index (χ3v) is 3.84. The minimum Gasteiger partial charge on any atom is -0.506 e. The molecule has 0 aromatic heterocycles. The number of methoxy groups -OCH3 is 1. The maximum absolute atomic E-state index is 11.7. The lowest BCUT2D eigenvalue weighted by molar-refractivity contribution is 0.0690. The molecule has 4 heteroatoms. The Balaban J connectivity index is 2.37. The topological polar surface area (TPSA) is 66.8 Å². The third-order valence-electron chi connectivity index (χ3n) is 3.84. The van der Waals surface area contributed by atoms with Crippen LogP contribution in [-0.4, -0.2) is 23.3 Å². The van der Waals surface area contributed by atoms with Gasteiger partial charge in [0.2, 0.25) is 0 Å². The summed E-state index contributed by atoms with van der Waals surface area (Å²) in [5.74, 6) is -1.39. The number of carboxylic acids is 1. The second kappa shape index (κ2) is 6.46. The van der Waals surface area contributed by atoms with Crippen molar-refractivity contribution >= 4 is 5.97 Å². The molecule has 0 aliphatic heterocycles. The second-order valence-corrected chi connectivity index (χ2v) is 5.27. The monoisotopic (exact) mass is 320 g/mol. The van der Waals surface area contributed by atoms with Crippen LogP contribution in [0.3, 0.4) is 0 Å². The summed E-state index contributed by atoms with van der Waals surface area (Å²) in [6, 6.07) is 20.3. The summed E-state index contributed by atoms with van der Waals surface area (Å²) in [6.07, 6.45) is 0. The molecule has 0 heterocycles. The van der Waals surface area contributed by atoms with Crippen molar-refractivity contribution in [1.29, 1.82) is 0 Å². The molecule has 0 saturated heterocycles. The second-order valence-electron chi connectivity index (χ2n) is 5.27. The van der Waals surface area contributed by atoms with Gasteiger partial charge in [0.15, 0.2) is 0 Å². The normalized spacial score (nSPS) is 10.4. The molecule has 2 N–H and O–H groups in total. The van der Waals surface area contributed by atoms with Crippen molar-refractivity contribution in [2.75, 3.05) is 7.11 Å². The van der Waals surface area contributed by atoms with Gasteiger partial charge >= 0.3 is 5.97 Å². The Kier molecular flexibility index (Phi) is 4.20. The number of ether oxygens (including phenoxy) is 1. The molecule has 0 aliphatic rings. The Morgan fingerprint density at radius 1 is 0.875 bits per heavy atom. The van der Waals surface area contributed by atoms with E-state index in [0.29, 0.717) is 11.1 Å². The standard InChI is InChI=1S/C20H16O4/c1-24-19-16(14-10-6-3-7-11-14)12-15(13-8-4-2-5-9-13)18(21)17(19)20(22)23/h2-12,21H,1H3,(H,22,23). The average molecular weight is 320 g/mol. The molecular weight excluding hydrogens is 304 g/mol. The van der Waals surface area contributed by atoms with Crippen molar-refractivity contribution in [3.63, 3.8) is 0 Å². The van der Waals surface area contributed by atoms with Gasteiger partial charge in [0.1, 0.15) is 17.1 Å². The van der Waals surface area contributed by atoms with Gasteiger partial charge in [0, 0.05) is 11.1 Å². The van der Waals surface area contributed by atoms with Crippen LogP contribution in [0, 0.1) is 0 Å². The highest BCUT2D eigenvalue weighted by Gasteiger charge is 2.25. The molecule has 3 rings (SSSR count). The summed E-state index contributed by atoms with van der Waals surface area (Å²) in [7, 11) is 1.40. The predicted molar refractivity (Wildman–Crippen MR) is 92.5 cm³/mol. The van der Waals surface area contributed by atoms with Gasteiger partial charge in [-0.1, -0.05) is 60.7 Å². The highest BCUT2D eigenvalue weighted by atomic mass is 16.5. The predicted octanol–water partition coefficient (Wildman–Crippen LogP) is 4.43. The molecule has 3 aromatic rings. The molecule has 0 spiro atoms. The lowest BCUT2D eigenvalue weighted by atomic mass is 9.93. The average Bonchev–Trinajstić information content (AvgIpc) is 2.62. The highest BCUT2D eigenvalue weighted by Crippen LogP contribution is 2.44. The molecule has 0 aliphatic carbocycles. The quantitative estimate of drug-likeness (QED) is 0.746. The third kappa shape index (κ3) is 2.70. The Hall–Kier alpha value is -3.27. The minimum absolute atomic E-state index is 0.144. The van der Waals surface area contributed by atoms with Gasteiger partial charge < -0.3 is 14.9 Å². The first kappa shape index (κ1) is 15.6. The molecular formula is C20H16O4. The van der Waals surface area contributed by atoms with Crippen LogP contribution in [0.1, 0.15) is 10.4 Å². The first-order valence-electron chi connectivity index (χ1n) is 7.41. The van der Waals surface area contributed by atoms with E-state index in [2.05, 4.69) is 0 Å². The number of hydrogen-bond donors (Lipinski definition) is 2. The number of carbonyl (C=O) groups is 1. The molecule has 24 heavy (non-hydrogen) atoms. The number of carboxylic acid groups (broad SMARTS) is 1. The highest BCUT2D eigenvalue weighted by molar-refractivity contribution is 6.01. The molecule has 0 bridgehead atoms. The summed E-state index contributed by atoms with van der Waals surface area (Å²) in [6.45, 7) is 0. The summed E-state index contributed by atoms with van der Waals surface area (Å²) < 4.78 is 5.32. The van der Waals surface area contributed by atoms with Crippen LogP contribution >= 0.6 is 0 Å². The summed E-state index contributed by atoms with van der Waals surface area (Å²) >= 11 is 0. The number of phenols is 1. The van der Waals surface area contributed by atoms with Crippen molar-refractivity contribution in [3.05, 3.63) is 72.3 Å². The molecule has 0 radical (unpaired) electrons. The lowest BCUT2D eigenvalue weighted by Gasteiger charge is -2.16. The molecule has 4 nitrogen and oxygen atoms in total. The van der Waals surface area contributed by atoms with Crippen molar-refractivity contribution in [1.82, 2.24) is 0 Å². The molecule has 0 amide bonds. The van der Waals surface area contributed by atoms with Gasteiger partial charge in [0.25, 0.3) is 0 Å². The van der Waals surface area contributed by atoms with Crippen molar-refractivity contribution in [2.45, 2.75) is 0 Å². The van der Waals surface area contributed by atoms with Crippen molar-refractivity contribution < 1.29 is 19.7 Å².